The molecule has 1 N–H and O–H groups in total. The van der Waals surface area contributed by atoms with Crippen LogP contribution >= 0.6 is 34.5 Å². The number of pyridine rings is 1. The molecular weight excluding hydrogens is 447 g/mol. The first kappa shape index (κ1) is 20.5. The van der Waals surface area contributed by atoms with E-state index in [0.29, 0.717) is 48.2 Å². The number of halogens is 2. The highest BCUT2D eigenvalue weighted by Gasteiger charge is 2.17. The topological polar surface area (TPSA) is 69.7 Å². The van der Waals surface area contributed by atoms with E-state index in [1.54, 1.807) is 31.4 Å². The second-order valence-corrected chi connectivity index (χ2v) is 8.10. The summed E-state index contributed by atoms with van der Waals surface area (Å²) in [6, 6.07) is 10.6. The van der Waals surface area contributed by atoms with Gasteiger partial charge in [0.1, 0.15) is 27.1 Å². The van der Waals surface area contributed by atoms with Gasteiger partial charge in [-0.3, -0.25) is 4.79 Å². The van der Waals surface area contributed by atoms with Crippen LogP contribution in [0.3, 0.4) is 0 Å². The van der Waals surface area contributed by atoms with Crippen LogP contribution in [0.15, 0.2) is 36.4 Å². The number of nitrogens with one attached hydrogen (secondary N) is 1. The van der Waals surface area contributed by atoms with E-state index in [4.69, 9.17) is 37.4 Å². The highest BCUT2D eigenvalue weighted by molar-refractivity contribution is 7.20. The highest BCUT2D eigenvalue weighted by Crippen LogP contribution is 2.38. The van der Waals surface area contributed by atoms with E-state index in [0.717, 1.165) is 10.8 Å². The summed E-state index contributed by atoms with van der Waals surface area (Å²) in [4.78, 5) is 18.7. The van der Waals surface area contributed by atoms with Gasteiger partial charge in [-0.15, -0.1) is 11.3 Å². The van der Waals surface area contributed by atoms with E-state index >= 15 is 0 Å². The molecule has 0 fully saturated rings. The molecule has 1 amide bonds. The van der Waals surface area contributed by atoms with Crippen LogP contribution in [0.1, 0.15) is 9.67 Å². The van der Waals surface area contributed by atoms with Crippen molar-refractivity contribution in [3.05, 3.63) is 51.3 Å². The number of fused-ring (bicyclic) bond motifs is 2. The summed E-state index contributed by atoms with van der Waals surface area (Å²) >= 11 is 13.8. The fraction of sp³-hybridized carbons (Fsp3) is 0.143. The number of thiophene rings is 1. The quantitative estimate of drug-likeness (QED) is 0.391. The number of benzene rings is 2. The van der Waals surface area contributed by atoms with E-state index in [1.807, 2.05) is 12.1 Å². The van der Waals surface area contributed by atoms with Crippen molar-refractivity contribution in [1.82, 2.24) is 4.98 Å². The molecule has 0 aliphatic rings. The zero-order valence-corrected chi connectivity index (χ0v) is 18.5. The molecule has 0 atom stereocenters. The van der Waals surface area contributed by atoms with Crippen molar-refractivity contribution in [2.45, 2.75) is 0 Å². The average molecular weight is 463 g/mol. The first-order valence-electron chi connectivity index (χ1n) is 8.74. The van der Waals surface area contributed by atoms with Gasteiger partial charge >= 0.3 is 0 Å². The molecule has 0 aliphatic carbocycles. The fourth-order valence-electron chi connectivity index (χ4n) is 3.06. The lowest BCUT2D eigenvalue weighted by atomic mass is 10.2. The van der Waals surface area contributed by atoms with Crippen LogP contribution in [0.25, 0.3) is 21.1 Å². The largest absolute Gasteiger partial charge is 0.495 e. The minimum Gasteiger partial charge on any atom is -0.495 e. The molecule has 2 aromatic heterocycles. The Hall–Kier alpha value is -2.74. The van der Waals surface area contributed by atoms with Crippen LogP contribution in [-0.2, 0) is 0 Å². The summed E-state index contributed by atoms with van der Waals surface area (Å²) in [5.74, 6) is 1.14. The lowest BCUT2D eigenvalue weighted by Gasteiger charge is -2.12. The monoisotopic (exact) mass is 462 g/mol. The SMILES string of the molecule is COc1cc(OC)c(NC(=O)c2cc3cc4ccc(OC)c(Cl)c4nc3s2)cc1Cl. The normalized spacial score (nSPS) is 11.0. The van der Waals surface area contributed by atoms with Gasteiger partial charge in [0.2, 0.25) is 0 Å². The summed E-state index contributed by atoms with van der Waals surface area (Å²) < 4.78 is 15.8. The number of hydrogen-bond acceptors (Lipinski definition) is 6. The minimum absolute atomic E-state index is 0.301. The zero-order valence-electron chi connectivity index (χ0n) is 16.2. The maximum atomic E-state index is 12.9. The van der Waals surface area contributed by atoms with Gasteiger partial charge in [0, 0.05) is 16.8 Å². The highest BCUT2D eigenvalue weighted by atomic mass is 35.5. The second kappa shape index (κ2) is 8.18. The lowest BCUT2D eigenvalue weighted by Crippen LogP contribution is -2.11. The number of carbonyl (C=O) groups is 1. The maximum Gasteiger partial charge on any atom is 0.265 e. The summed E-state index contributed by atoms with van der Waals surface area (Å²) in [6.07, 6.45) is 0. The third-order valence-corrected chi connectivity index (χ3v) is 6.25. The molecule has 6 nitrogen and oxygen atoms in total. The van der Waals surface area contributed by atoms with Crippen molar-refractivity contribution in [1.29, 1.82) is 0 Å². The van der Waals surface area contributed by atoms with Crippen LogP contribution in [0, 0.1) is 0 Å². The molecule has 154 valence electrons. The number of anilines is 1. The van der Waals surface area contributed by atoms with Crippen molar-refractivity contribution in [2.24, 2.45) is 0 Å². The van der Waals surface area contributed by atoms with Gasteiger partial charge < -0.3 is 19.5 Å². The Morgan fingerprint density at radius 2 is 1.67 bits per heavy atom. The zero-order chi connectivity index (χ0) is 21.4. The Morgan fingerprint density at radius 1 is 0.933 bits per heavy atom. The smallest absolute Gasteiger partial charge is 0.265 e. The van der Waals surface area contributed by atoms with Crippen LogP contribution in [0.4, 0.5) is 5.69 Å². The first-order chi connectivity index (χ1) is 14.4. The number of hydrogen-bond donors (Lipinski definition) is 1. The van der Waals surface area contributed by atoms with E-state index in [-0.39, 0.29) is 5.91 Å². The Balaban J connectivity index is 1.71. The van der Waals surface area contributed by atoms with Crippen molar-refractivity contribution in [3.63, 3.8) is 0 Å². The van der Waals surface area contributed by atoms with Gasteiger partial charge in [-0.05, 0) is 30.3 Å². The molecule has 0 spiro atoms. The minimum atomic E-state index is -0.301. The molecule has 4 rings (SSSR count). The maximum absolute atomic E-state index is 12.9. The van der Waals surface area contributed by atoms with Gasteiger partial charge in [0.05, 0.1) is 42.4 Å². The molecule has 0 radical (unpaired) electrons. The molecule has 30 heavy (non-hydrogen) atoms. The predicted molar refractivity (Wildman–Crippen MR) is 121 cm³/mol. The standard InChI is InChI=1S/C21H16Cl2N2O4S/c1-27-14-5-4-10-6-11-7-17(30-21(11)25-19(10)18(14)23)20(26)24-13-8-12(22)15(28-2)9-16(13)29-3/h4-9H,1-3H3,(H,24,26). The van der Waals surface area contributed by atoms with E-state index in [1.165, 1.54) is 25.6 Å². The van der Waals surface area contributed by atoms with Gasteiger partial charge in [-0.1, -0.05) is 23.2 Å². The molecule has 0 unspecified atom stereocenters. The summed E-state index contributed by atoms with van der Waals surface area (Å²) in [5.41, 5.74) is 1.07. The van der Waals surface area contributed by atoms with E-state index < -0.39 is 0 Å². The second-order valence-electron chi connectivity index (χ2n) is 6.29. The number of rotatable bonds is 5. The van der Waals surface area contributed by atoms with Crippen LogP contribution in [0.5, 0.6) is 17.2 Å². The first-order valence-corrected chi connectivity index (χ1v) is 10.3. The van der Waals surface area contributed by atoms with Crippen molar-refractivity contribution in [2.75, 3.05) is 26.6 Å². The number of carbonyl (C=O) groups excluding carboxylic acids is 1. The number of amides is 1. The average Bonchev–Trinajstić information content (AvgIpc) is 3.16. The van der Waals surface area contributed by atoms with Crippen molar-refractivity contribution < 1.29 is 19.0 Å². The Morgan fingerprint density at radius 3 is 2.37 bits per heavy atom. The van der Waals surface area contributed by atoms with Gasteiger partial charge in [-0.2, -0.15) is 0 Å². The van der Waals surface area contributed by atoms with Crippen molar-refractivity contribution in [3.8, 4) is 17.2 Å². The lowest BCUT2D eigenvalue weighted by molar-refractivity contribution is 0.103. The Kier molecular flexibility index (Phi) is 5.60. The molecule has 0 saturated carbocycles. The van der Waals surface area contributed by atoms with E-state index in [2.05, 4.69) is 10.3 Å². The van der Waals surface area contributed by atoms with Crippen LogP contribution in [0.2, 0.25) is 10.0 Å². The molecule has 2 aromatic carbocycles. The van der Waals surface area contributed by atoms with E-state index in [9.17, 15) is 4.79 Å². The molecule has 0 saturated heterocycles. The summed E-state index contributed by atoms with van der Waals surface area (Å²) in [7, 11) is 4.57. The molecule has 0 aliphatic heterocycles. The molecule has 9 heteroatoms. The number of aromatic nitrogens is 1. The number of methoxy groups -OCH3 is 3. The summed E-state index contributed by atoms with van der Waals surface area (Å²) in [5, 5.41) is 5.34. The molecule has 0 bridgehead atoms. The number of nitrogens with zero attached hydrogens (tertiary/aromatic N) is 1. The van der Waals surface area contributed by atoms with Crippen molar-refractivity contribution >= 4 is 67.3 Å². The molecule has 2 heterocycles. The summed E-state index contributed by atoms with van der Waals surface area (Å²) in [6.45, 7) is 0. The third kappa shape index (κ3) is 3.60. The van der Waals surface area contributed by atoms with Gasteiger partial charge in [0.15, 0.2) is 0 Å². The van der Waals surface area contributed by atoms with Gasteiger partial charge in [-0.25, -0.2) is 4.98 Å². The fourth-order valence-corrected chi connectivity index (χ4v) is 4.50. The molecule has 4 aromatic rings. The Labute approximate surface area is 186 Å². The number of ether oxygens (including phenoxy) is 3. The predicted octanol–water partition coefficient (Wildman–Crippen LogP) is 6.03. The molecular formula is C21H16Cl2N2O4S. The van der Waals surface area contributed by atoms with Crippen LogP contribution in [-0.4, -0.2) is 32.2 Å². The third-order valence-electron chi connectivity index (χ3n) is 4.54. The van der Waals surface area contributed by atoms with Crippen LogP contribution < -0.4 is 19.5 Å². The van der Waals surface area contributed by atoms with Gasteiger partial charge in [0.25, 0.3) is 5.91 Å². The Bertz CT molecular complexity index is 1290.